The van der Waals surface area contributed by atoms with Crippen LogP contribution in [-0.2, 0) is 9.84 Å². The van der Waals surface area contributed by atoms with Crippen LogP contribution in [0.2, 0.25) is 0 Å². The molecule has 5 nitrogen and oxygen atoms in total. The summed E-state index contributed by atoms with van der Waals surface area (Å²) >= 11 is 0. The van der Waals surface area contributed by atoms with E-state index in [1.54, 1.807) is 25.1 Å². The molecule has 0 spiro atoms. The van der Waals surface area contributed by atoms with Crippen molar-refractivity contribution in [3.8, 4) is 0 Å². The smallest absolute Gasteiger partial charge is 0.252 e. The molecule has 0 aliphatic heterocycles. The summed E-state index contributed by atoms with van der Waals surface area (Å²) in [6.07, 6.45) is 3.46. The third-order valence-electron chi connectivity index (χ3n) is 3.95. The van der Waals surface area contributed by atoms with Crippen LogP contribution in [0.5, 0.6) is 0 Å². The molecule has 1 amide bonds. The lowest BCUT2D eigenvalue weighted by molar-refractivity contribution is 0.0922. The molecule has 0 aromatic heterocycles. The Morgan fingerprint density at radius 2 is 1.82 bits per heavy atom. The van der Waals surface area contributed by atoms with E-state index in [4.69, 9.17) is 5.73 Å². The highest BCUT2D eigenvalue weighted by Crippen LogP contribution is 2.20. The van der Waals surface area contributed by atoms with Crippen LogP contribution in [0.25, 0.3) is 0 Å². The van der Waals surface area contributed by atoms with Crippen LogP contribution >= 0.6 is 12.4 Å². The number of sulfone groups is 1. The summed E-state index contributed by atoms with van der Waals surface area (Å²) in [5.41, 5.74) is 6.08. The molecule has 1 aliphatic carbocycles. The zero-order valence-electron chi connectivity index (χ0n) is 12.6. The third-order valence-corrected chi connectivity index (χ3v) is 5.74. The van der Waals surface area contributed by atoms with Gasteiger partial charge in [-0.25, -0.2) is 8.42 Å². The monoisotopic (exact) mass is 346 g/mol. The van der Waals surface area contributed by atoms with Crippen molar-refractivity contribution in [2.24, 2.45) is 5.73 Å². The number of benzene rings is 1. The van der Waals surface area contributed by atoms with E-state index in [1.165, 1.54) is 6.07 Å². The number of carbonyl (C=O) groups excluding carboxylic acids is 1. The lowest BCUT2D eigenvalue weighted by Crippen LogP contribution is -2.40. The molecule has 124 valence electrons. The zero-order valence-corrected chi connectivity index (χ0v) is 14.3. The van der Waals surface area contributed by atoms with Gasteiger partial charge in [0.1, 0.15) is 0 Å². The van der Waals surface area contributed by atoms with Gasteiger partial charge in [0.15, 0.2) is 9.84 Å². The predicted octanol–water partition coefficient (Wildman–Crippen LogP) is 1.90. The fraction of sp³-hybridized carbons (Fsp3) is 0.533. The lowest BCUT2D eigenvalue weighted by atomic mass is 9.91. The Balaban J connectivity index is 0.00000242. The summed E-state index contributed by atoms with van der Waals surface area (Å²) in [5.74, 6) is -0.335. The summed E-state index contributed by atoms with van der Waals surface area (Å²) < 4.78 is 24.1. The fourth-order valence-electron chi connectivity index (χ4n) is 2.61. The van der Waals surface area contributed by atoms with E-state index in [2.05, 4.69) is 5.32 Å². The van der Waals surface area contributed by atoms with Gasteiger partial charge in [-0.3, -0.25) is 4.79 Å². The van der Waals surface area contributed by atoms with Crippen molar-refractivity contribution in [1.29, 1.82) is 0 Å². The highest BCUT2D eigenvalue weighted by molar-refractivity contribution is 7.91. The Labute approximate surface area is 138 Å². The van der Waals surface area contributed by atoms with Gasteiger partial charge >= 0.3 is 0 Å². The second-order valence-corrected chi connectivity index (χ2v) is 7.73. The molecule has 1 saturated carbocycles. The van der Waals surface area contributed by atoms with Crippen molar-refractivity contribution in [2.45, 2.75) is 49.6 Å². The van der Waals surface area contributed by atoms with Crippen molar-refractivity contribution >= 4 is 28.2 Å². The number of rotatable bonds is 4. The Hall–Kier alpha value is -1.11. The van der Waals surface area contributed by atoms with Crippen LogP contribution in [0, 0.1) is 0 Å². The Morgan fingerprint density at radius 1 is 1.23 bits per heavy atom. The molecule has 3 N–H and O–H groups in total. The maximum Gasteiger partial charge on any atom is 0.252 e. The molecule has 1 aliphatic rings. The number of hydrogen-bond acceptors (Lipinski definition) is 4. The molecule has 1 aromatic rings. The molecule has 0 heterocycles. The molecule has 0 bridgehead atoms. The van der Waals surface area contributed by atoms with Crippen LogP contribution in [0.1, 0.15) is 43.0 Å². The topological polar surface area (TPSA) is 89.3 Å². The van der Waals surface area contributed by atoms with Crippen LogP contribution in [0.15, 0.2) is 29.2 Å². The summed E-state index contributed by atoms with van der Waals surface area (Å²) in [4.78, 5) is 12.5. The van der Waals surface area contributed by atoms with Crippen LogP contribution in [0.4, 0.5) is 0 Å². The van der Waals surface area contributed by atoms with E-state index in [0.29, 0.717) is 0 Å². The van der Waals surface area contributed by atoms with Crippen molar-refractivity contribution in [3.63, 3.8) is 0 Å². The van der Waals surface area contributed by atoms with Crippen molar-refractivity contribution in [1.82, 2.24) is 5.32 Å². The number of nitrogens with two attached hydrogens (primary N) is 1. The first kappa shape index (κ1) is 18.9. The molecular formula is C15H23ClN2O3S. The molecule has 7 heteroatoms. The predicted molar refractivity (Wildman–Crippen MR) is 89.1 cm³/mol. The molecule has 0 saturated heterocycles. The molecule has 0 radical (unpaired) electrons. The van der Waals surface area contributed by atoms with Crippen LogP contribution in [0.3, 0.4) is 0 Å². The summed E-state index contributed by atoms with van der Waals surface area (Å²) in [5, 5.41) is 2.93. The third kappa shape index (κ3) is 4.44. The van der Waals surface area contributed by atoms with Crippen molar-refractivity contribution in [3.05, 3.63) is 29.8 Å². The Bertz CT molecular complexity index is 611. The Morgan fingerprint density at radius 3 is 2.41 bits per heavy atom. The largest absolute Gasteiger partial charge is 0.349 e. The highest BCUT2D eigenvalue weighted by Gasteiger charge is 2.24. The van der Waals surface area contributed by atoms with E-state index < -0.39 is 9.84 Å². The minimum Gasteiger partial charge on any atom is -0.349 e. The highest BCUT2D eigenvalue weighted by atomic mass is 35.5. The average molecular weight is 347 g/mol. The van der Waals surface area contributed by atoms with Gasteiger partial charge in [-0.15, -0.1) is 12.4 Å². The molecule has 0 atom stereocenters. The maximum atomic E-state index is 12.4. The van der Waals surface area contributed by atoms with Crippen LogP contribution in [-0.4, -0.2) is 32.2 Å². The van der Waals surface area contributed by atoms with Gasteiger partial charge in [0, 0.05) is 12.1 Å². The molecule has 0 unspecified atom stereocenters. The summed E-state index contributed by atoms with van der Waals surface area (Å²) in [6.45, 7) is 1.58. The van der Waals surface area contributed by atoms with Crippen molar-refractivity contribution in [2.75, 3.05) is 5.75 Å². The molecule has 1 aromatic carbocycles. The van der Waals surface area contributed by atoms with Gasteiger partial charge in [-0.2, -0.15) is 0 Å². The van der Waals surface area contributed by atoms with E-state index in [9.17, 15) is 13.2 Å². The van der Waals surface area contributed by atoms with E-state index in [-0.39, 0.29) is 46.6 Å². The minimum absolute atomic E-state index is 0. The first-order chi connectivity index (χ1) is 9.94. The second-order valence-electron chi connectivity index (χ2n) is 5.48. The van der Waals surface area contributed by atoms with Crippen molar-refractivity contribution < 1.29 is 13.2 Å². The first-order valence-electron chi connectivity index (χ1n) is 7.32. The fourth-order valence-corrected chi connectivity index (χ4v) is 3.70. The second kappa shape index (κ2) is 7.94. The van der Waals surface area contributed by atoms with Gasteiger partial charge in [0.05, 0.1) is 16.2 Å². The van der Waals surface area contributed by atoms with Gasteiger partial charge in [-0.05, 0) is 37.8 Å². The SMILES string of the molecule is CCS(=O)(=O)c1ccccc1C(=O)NC1CCC(N)CC1.Cl. The molecule has 22 heavy (non-hydrogen) atoms. The summed E-state index contributed by atoms with van der Waals surface area (Å²) in [7, 11) is -3.40. The number of nitrogens with one attached hydrogen (secondary N) is 1. The van der Waals surface area contributed by atoms with Gasteiger partial charge in [0.25, 0.3) is 5.91 Å². The number of amides is 1. The van der Waals surface area contributed by atoms with Gasteiger partial charge in [-0.1, -0.05) is 19.1 Å². The standard InChI is InChI=1S/C15H22N2O3S.ClH/c1-2-21(19,20)14-6-4-3-5-13(14)15(18)17-12-9-7-11(16)8-10-12;/h3-6,11-12H,2,7-10,16H2,1H3,(H,17,18);1H. The number of hydrogen-bond donors (Lipinski definition) is 2. The quantitative estimate of drug-likeness (QED) is 0.871. The molecule has 1 fully saturated rings. The first-order valence-corrected chi connectivity index (χ1v) is 8.97. The van der Waals surface area contributed by atoms with E-state index in [0.717, 1.165) is 25.7 Å². The number of carbonyl (C=O) groups is 1. The lowest BCUT2D eigenvalue weighted by Gasteiger charge is -2.27. The normalized spacial score (nSPS) is 21.7. The molecular weight excluding hydrogens is 324 g/mol. The number of halogens is 1. The van der Waals surface area contributed by atoms with E-state index in [1.807, 2.05) is 0 Å². The zero-order chi connectivity index (χ0) is 15.5. The minimum atomic E-state index is -3.40. The van der Waals surface area contributed by atoms with Gasteiger partial charge in [0.2, 0.25) is 0 Å². The van der Waals surface area contributed by atoms with Gasteiger partial charge < -0.3 is 11.1 Å². The average Bonchev–Trinajstić information content (AvgIpc) is 2.49. The maximum absolute atomic E-state index is 12.4. The summed E-state index contributed by atoms with van der Waals surface area (Å²) in [6, 6.07) is 6.66. The van der Waals surface area contributed by atoms with Crippen LogP contribution < -0.4 is 11.1 Å². The Kier molecular flexibility index (Phi) is 6.84. The molecule has 2 rings (SSSR count). The van der Waals surface area contributed by atoms with E-state index >= 15 is 0 Å².